The van der Waals surface area contributed by atoms with Gasteiger partial charge >= 0.3 is 0 Å². The molecule has 1 N–H and O–H groups in total. The van der Waals surface area contributed by atoms with Crippen LogP contribution in [0.3, 0.4) is 0 Å². The van der Waals surface area contributed by atoms with Crippen molar-refractivity contribution < 1.29 is 14.6 Å². The van der Waals surface area contributed by atoms with Crippen LogP contribution in [0.15, 0.2) is 18.2 Å². The first-order valence-electron chi connectivity index (χ1n) is 5.30. The smallest absolute Gasteiger partial charge is 0.125 e. The monoisotopic (exact) mass is 242 g/mol. The molecule has 0 aliphatic carbocycles. The Morgan fingerprint density at radius 2 is 2.31 bits per heavy atom. The zero-order valence-corrected chi connectivity index (χ0v) is 9.96. The quantitative estimate of drug-likeness (QED) is 0.865. The lowest BCUT2D eigenvalue weighted by Crippen LogP contribution is -2.36. The predicted octanol–water partition coefficient (Wildman–Crippen LogP) is 2.35. The molecule has 1 aromatic carbocycles. The van der Waals surface area contributed by atoms with Crippen molar-refractivity contribution in [3.8, 4) is 5.75 Å². The van der Waals surface area contributed by atoms with E-state index in [1.165, 1.54) is 0 Å². The molecule has 1 aromatic rings. The summed E-state index contributed by atoms with van der Waals surface area (Å²) in [5.74, 6) is 0.650. The van der Waals surface area contributed by atoms with Gasteiger partial charge in [-0.3, -0.25) is 0 Å². The number of hydrogen-bond donors (Lipinski definition) is 1. The molecule has 0 bridgehead atoms. The van der Waals surface area contributed by atoms with E-state index in [9.17, 15) is 5.11 Å². The van der Waals surface area contributed by atoms with E-state index in [2.05, 4.69) is 0 Å². The third kappa shape index (κ3) is 2.17. The van der Waals surface area contributed by atoms with Gasteiger partial charge in [0, 0.05) is 17.2 Å². The first-order valence-corrected chi connectivity index (χ1v) is 5.68. The average Bonchev–Trinajstić information content (AvgIpc) is 2.30. The number of halogens is 1. The molecule has 3 nitrogen and oxygen atoms in total. The van der Waals surface area contributed by atoms with Crippen LogP contribution in [0, 0.1) is 0 Å². The van der Waals surface area contributed by atoms with E-state index in [1.807, 2.05) is 0 Å². The van der Waals surface area contributed by atoms with Crippen molar-refractivity contribution in [2.24, 2.45) is 0 Å². The fourth-order valence-corrected chi connectivity index (χ4v) is 2.21. The lowest BCUT2D eigenvalue weighted by atomic mass is 9.88. The topological polar surface area (TPSA) is 38.7 Å². The zero-order chi connectivity index (χ0) is 11.6. The Labute approximate surface area is 99.9 Å². The summed E-state index contributed by atoms with van der Waals surface area (Å²) < 4.78 is 10.6. The molecule has 1 unspecified atom stereocenters. The summed E-state index contributed by atoms with van der Waals surface area (Å²) in [7, 11) is 1.58. The molecule has 0 radical (unpaired) electrons. The Morgan fingerprint density at radius 1 is 1.50 bits per heavy atom. The minimum Gasteiger partial charge on any atom is -0.496 e. The summed E-state index contributed by atoms with van der Waals surface area (Å²) in [6, 6.07) is 5.26. The van der Waals surface area contributed by atoms with Crippen molar-refractivity contribution in [1.29, 1.82) is 0 Å². The van der Waals surface area contributed by atoms with Crippen LogP contribution in [0.4, 0.5) is 0 Å². The van der Waals surface area contributed by atoms with E-state index in [4.69, 9.17) is 21.1 Å². The summed E-state index contributed by atoms with van der Waals surface area (Å²) >= 11 is 5.95. The molecular formula is C12H15ClO3. The van der Waals surface area contributed by atoms with Crippen LogP contribution in [0.2, 0.25) is 5.02 Å². The molecule has 0 aromatic heterocycles. The molecule has 1 heterocycles. The van der Waals surface area contributed by atoms with Gasteiger partial charge in [-0.05, 0) is 31.0 Å². The summed E-state index contributed by atoms with van der Waals surface area (Å²) in [4.78, 5) is 0. The van der Waals surface area contributed by atoms with Crippen molar-refractivity contribution >= 4 is 11.6 Å². The SMILES string of the molecule is COc1ccc(Cl)cc1C1(O)CCCOC1. The normalized spacial score (nSPS) is 25.4. The molecule has 0 spiro atoms. The Hall–Kier alpha value is -0.770. The van der Waals surface area contributed by atoms with Crippen LogP contribution in [0.1, 0.15) is 18.4 Å². The van der Waals surface area contributed by atoms with Crippen LogP contribution in [0.25, 0.3) is 0 Å². The first-order chi connectivity index (χ1) is 7.65. The van der Waals surface area contributed by atoms with Gasteiger partial charge < -0.3 is 14.6 Å². The van der Waals surface area contributed by atoms with E-state index in [-0.39, 0.29) is 0 Å². The highest BCUT2D eigenvalue weighted by Crippen LogP contribution is 2.37. The molecular weight excluding hydrogens is 228 g/mol. The van der Waals surface area contributed by atoms with E-state index in [0.29, 0.717) is 36.0 Å². The highest BCUT2D eigenvalue weighted by Gasteiger charge is 2.34. The van der Waals surface area contributed by atoms with Gasteiger partial charge in [-0.1, -0.05) is 11.6 Å². The summed E-state index contributed by atoms with van der Waals surface area (Å²) in [6.45, 7) is 0.995. The van der Waals surface area contributed by atoms with Gasteiger partial charge in [-0.25, -0.2) is 0 Å². The Balaban J connectivity index is 2.40. The van der Waals surface area contributed by atoms with E-state index in [1.54, 1.807) is 25.3 Å². The minimum atomic E-state index is -0.978. The van der Waals surface area contributed by atoms with Crippen LogP contribution in [-0.2, 0) is 10.3 Å². The number of hydrogen-bond acceptors (Lipinski definition) is 3. The van der Waals surface area contributed by atoms with Crippen LogP contribution >= 0.6 is 11.6 Å². The standard InChI is InChI=1S/C12H15ClO3/c1-15-11-4-3-9(13)7-10(11)12(14)5-2-6-16-8-12/h3-4,7,14H,2,5-6,8H2,1H3. The van der Waals surface area contributed by atoms with Gasteiger partial charge in [-0.15, -0.1) is 0 Å². The molecule has 88 valence electrons. The van der Waals surface area contributed by atoms with E-state index < -0.39 is 5.60 Å². The molecule has 0 saturated carbocycles. The molecule has 1 atom stereocenters. The Kier molecular flexibility index (Phi) is 3.38. The lowest BCUT2D eigenvalue weighted by Gasteiger charge is -2.33. The number of ether oxygens (including phenoxy) is 2. The van der Waals surface area contributed by atoms with Gasteiger partial charge in [0.2, 0.25) is 0 Å². The van der Waals surface area contributed by atoms with E-state index in [0.717, 1.165) is 6.42 Å². The largest absolute Gasteiger partial charge is 0.496 e. The molecule has 1 fully saturated rings. The van der Waals surface area contributed by atoms with Gasteiger partial charge in [0.25, 0.3) is 0 Å². The van der Waals surface area contributed by atoms with Crippen molar-refractivity contribution in [3.63, 3.8) is 0 Å². The minimum absolute atomic E-state index is 0.295. The van der Waals surface area contributed by atoms with Crippen molar-refractivity contribution in [2.75, 3.05) is 20.3 Å². The van der Waals surface area contributed by atoms with Gasteiger partial charge in [0.1, 0.15) is 11.4 Å². The molecule has 16 heavy (non-hydrogen) atoms. The molecule has 0 amide bonds. The van der Waals surface area contributed by atoms with E-state index >= 15 is 0 Å². The number of benzene rings is 1. The highest BCUT2D eigenvalue weighted by atomic mass is 35.5. The third-order valence-electron chi connectivity index (χ3n) is 2.88. The predicted molar refractivity (Wildman–Crippen MR) is 62.0 cm³/mol. The van der Waals surface area contributed by atoms with Crippen molar-refractivity contribution in [1.82, 2.24) is 0 Å². The number of aliphatic hydroxyl groups is 1. The van der Waals surface area contributed by atoms with Gasteiger partial charge in [-0.2, -0.15) is 0 Å². The first kappa shape index (κ1) is 11.7. The van der Waals surface area contributed by atoms with Gasteiger partial charge in [0.15, 0.2) is 0 Å². The highest BCUT2D eigenvalue weighted by molar-refractivity contribution is 6.30. The average molecular weight is 243 g/mol. The zero-order valence-electron chi connectivity index (χ0n) is 9.20. The molecule has 1 saturated heterocycles. The third-order valence-corrected chi connectivity index (χ3v) is 3.12. The second-order valence-corrected chi connectivity index (χ2v) is 4.47. The van der Waals surface area contributed by atoms with Crippen LogP contribution in [-0.4, -0.2) is 25.4 Å². The fourth-order valence-electron chi connectivity index (χ4n) is 2.04. The summed E-state index contributed by atoms with van der Waals surface area (Å²) in [5.41, 5.74) is -0.267. The number of methoxy groups -OCH3 is 1. The van der Waals surface area contributed by atoms with Crippen molar-refractivity contribution in [2.45, 2.75) is 18.4 Å². The lowest BCUT2D eigenvalue weighted by molar-refractivity contribution is -0.0912. The summed E-state index contributed by atoms with van der Waals surface area (Å²) in [5, 5.41) is 11.1. The van der Waals surface area contributed by atoms with Crippen LogP contribution < -0.4 is 4.74 Å². The maximum absolute atomic E-state index is 10.5. The van der Waals surface area contributed by atoms with Crippen molar-refractivity contribution in [3.05, 3.63) is 28.8 Å². The molecule has 1 aliphatic heterocycles. The van der Waals surface area contributed by atoms with Gasteiger partial charge in [0.05, 0.1) is 13.7 Å². The summed E-state index contributed by atoms with van der Waals surface area (Å²) in [6.07, 6.45) is 1.51. The Morgan fingerprint density at radius 3 is 2.94 bits per heavy atom. The maximum Gasteiger partial charge on any atom is 0.125 e. The molecule has 1 aliphatic rings. The molecule has 2 rings (SSSR count). The Bertz CT molecular complexity index is 373. The molecule has 4 heteroatoms. The fraction of sp³-hybridized carbons (Fsp3) is 0.500. The maximum atomic E-state index is 10.5. The second kappa shape index (κ2) is 4.62. The van der Waals surface area contributed by atoms with Crippen LogP contribution in [0.5, 0.6) is 5.75 Å². The second-order valence-electron chi connectivity index (χ2n) is 4.03. The number of rotatable bonds is 2.